The molecule has 1 saturated heterocycles. The molecule has 0 bridgehead atoms. The molecule has 2 aromatic heterocycles. The highest BCUT2D eigenvalue weighted by atomic mass is 16.5. The average Bonchev–Trinajstić information content (AvgIpc) is 3.26. The molecule has 23 heavy (non-hydrogen) atoms. The second-order valence-electron chi connectivity index (χ2n) is 5.36. The molecule has 1 unspecified atom stereocenters. The van der Waals surface area contributed by atoms with Gasteiger partial charge in [0.15, 0.2) is 11.4 Å². The van der Waals surface area contributed by atoms with Gasteiger partial charge < -0.3 is 19.3 Å². The number of nitrogens with one attached hydrogen (secondary N) is 1. The van der Waals surface area contributed by atoms with Crippen LogP contribution >= 0.6 is 0 Å². The lowest BCUT2D eigenvalue weighted by Crippen LogP contribution is -2.56. The molecule has 1 fully saturated rings. The highest BCUT2D eigenvalue weighted by Crippen LogP contribution is 2.11. The Morgan fingerprint density at radius 2 is 1.91 bits per heavy atom. The SMILES string of the molecule is CN1CCN(C(=O)c2ccon2)CC1CNC(=O)c1ccon1. The van der Waals surface area contributed by atoms with E-state index in [0.717, 1.165) is 0 Å². The molecule has 0 spiro atoms. The zero-order chi connectivity index (χ0) is 16.2. The Morgan fingerprint density at radius 1 is 1.22 bits per heavy atom. The molecule has 9 heteroatoms. The Bertz CT molecular complexity index is 655. The number of carbonyl (C=O) groups excluding carboxylic acids is 2. The zero-order valence-electron chi connectivity index (χ0n) is 12.6. The maximum atomic E-state index is 12.3. The molecular weight excluding hydrogens is 302 g/mol. The molecule has 0 aromatic carbocycles. The van der Waals surface area contributed by atoms with E-state index in [1.54, 1.807) is 11.0 Å². The third kappa shape index (κ3) is 3.39. The highest BCUT2D eigenvalue weighted by molar-refractivity contribution is 5.92. The van der Waals surface area contributed by atoms with Crippen LogP contribution in [0, 0.1) is 0 Å². The molecule has 2 amide bonds. The van der Waals surface area contributed by atoms with Gasteiger partial charge >= 0.3 is 0 Å². The van der Waals surface area contributed by atoms with Gasteiger partial charge in [-0.15, -0.1) is 0 Å². The summed E-state index contributed by atoms with van der Waals surface area (Å²) in [4.78, 5) is 28.0. The van der Waals surface area contributed by atoms with Gasteiger partial charge in [-0.2, -0.15) is 0 Å². The molecule has 0 radical (unpaired) electrons. The van der Waals surface area contributed by atoms with Crippen LogP contribution in [-0.4, -0.2) is 71.2 Å². The Morgan fingerprint density at radius 3 is 2.57 bits per heavy atom. The minimum atomic E-state index is -0.299. The quantitative estimate of drug-likeness (QED) is 0.835. The molecule has 122 valence electrons. The summed E-state index contributed by atoms with van der Waals surface area (Å²) in [5.74, 6) is -0.466. The molecular formula is C14H17N5O4. The molecule has 3 rings (SSSR count). The summed E-state index contributed by atoms with van der Waals surface area (Å²) in [6.45, 7) is 2.23. The van der Waals surface area contributed by atoms with E-state index in [1.807, 2.05) is 7.05 Å². The van der Waals surface area contributed by atoms with Gasteiger partial charge in [-0.25, -0.2) is 0 Å². The van der Waals surface area contributed by atoms with Crippen molar-refractivity contribution in [2.24, 2.45) is 0 Å². The summed E-state index contributed by atoms with van der Waals surface area (Å²) in [5, 5.41) is 10.1. The Labute approximate surface area is 132 Å². The number of piperazine rings is 1. The first kappa shape index (κ1) is 15.2. The van der Waals surface area contributed by atoms with Gasteiger partial charge in [-0.1, -0.05) is 10.3 Å². The molecule has 3 heterocycles. The summed E-state index contributed by atoms with van der Waals surface area (Å²) >= 11 is 0. The standard InChI is InChI=1S/C14H17N5O4/c1-18-4-5-19(14(21)12-3-7-23-17-12)9-10(18)8-15-13(20)11-2-6-22-16-11/h2-3,6-7,10H,4-5,8-9H2,1H3,(H,15,20). The van der Waals surface area contributed by atoms with Crippen molar-refractivity contribution in [3.05, 3.63) is 36.0 Å². The van der Waals surface area contributed by atoms with E-state index in [4.69, 9.17) is 4.52 Å². The van der Waals surface area contributed by atoms with E-state index in [0.29, 0.717) is 31.9 Å². The molecule has 1 aliphatic heterocycles. The van der Waals surface area contributed by atoms with Crippen molar-refractivity contribution in [2.45, 2.75) is 6.04 Å². The van der Waals surface area contributed by atoms with Crippen LogP contribution in [0.4, 0.5) is 0 Å². The molecule has 1 aliphatic rings. The molecule has 0 saturated carbocycles. The van der Waals surface area contributed by atoms with Crippen LogP contribution < -0.4 is 5.32 Å². The monoisotopic (exact) mass is 319 g/mol. The van der Waals surface area contributed by atoms with Gasteiger partial charge in [0.05, 0.1) is 0 Å². The van der Waals surface area contributed by atoms with Crippen LogP contribution in [-0.2, 0) is 0 Å². The first-order valence-corrected chi connectivity index (χ1v) is 7.23. The van der Waals surface area contributed by atoms with Crippen molar-refractivity contribution < 1.29 is 18.6 Å². The van der Waals surface area contributed by atoms with Gasteiger partial charge in [-0.3, -0.25) is 14.5 Å². The predicted molar refractivity (Wildman–Crippen MR) is 77.7 cm³/mol. The number of aromatic nitrogens is 2. The second-order valence-corrected chi connectivity index (χ2v) is 5.36. The maximum absolute atomic E-state index is 12.3. The molecule has 0 aliphatic carbocycles. The van der Waals surface area contributed by atoms with E-state index in [1.165, 1.54) is 18.6 Å². The van der Waals surface area contributed by atoms with Gasteiger partial charge in [0, 0.05) is 44.4 Å². The smallest absolute Gasteiger partial charge is 0.276 e. The summed E-state index contributed by atoms with van der Waals surface area (Å²) < 4.78 is 9.36. The van der Waals surface area contributed by atoms with E-state index in [9.17, 15) is 9.59 Å². The number of hydrogen-bond acceptors (Lipinski definition) is 7. The fraction of sp³-hybridized carbons (Fsp3) is 0.429. The number of hydrogen-bond donors (Lipinski definition) is 1. The molecule has 1 N–H and O–H groups in total. The van der Waals surface area contributed by atoms with Crippen molar-refractivity contribution in [3.8, 4) is 0 Å². The summed E-state index contributed by atoms with van der Waals surface area (Å²) in [6, 6.07) is 3.05. The number of amides is 2. The lowest BCUT2D eigenvalue weighted by Gasteiger charge is -2.39. The summed E-state index contributed by atoms with van der Waals surface area (Å²) in [7, 11) is 1.96. The number of likely N-dealkylation sites (N-methyl/N-ethyl adjacent to an activating group) is 1. The summed E-state index contributed by atoms with van der Waals surface area (Å²) in [6.07, 6.45) is 2.72. The first-order valence-electron chi connectivity index (χ1n) is 7.23. The average molecular weight is 319 g/mol. The lowest BCUT2D eigenvalue weighted by molar-refractivity contribution is 0.0534. The van der Waals surface area contributed by atoms with E-state index < -0.39 is 0 Å². The topological polar surface area (TPSA) is 105 Å². The van der Waals surface area contributed by atoms with E-state index in [-0.39, 0.29) is 23.6 Å². The minimum absolute atomic E-state index is 0.00968. The predicted octanol–water partition coefficient (Wildman–Crippen LogP) is -0.151. The van der Waals surface area contributed by atoms with Gasteiger partial charge in [0.1, 0.15) is 12.5 Å². The van der Waals surface area contributed by atoms with Gasteiger partial charge in [-0.05, 0) is 7.05 Å². The highest BCUT2D eigenvalue weighted by Gasteiger charge is 2.29. The minimum Gasteiger partial charge on any atom is -0.364 e. The van der Waals surface area contributed by atoms with E-state index in [2.05, 4.69) is 25.1 Å². The Balaban J connectivity index is 1.58. The maximum Gasteiger partial charge on any atom is 0.276 e. The van der Waals surface area contributed by atoms with Crippen molar-refractivity contribution >= 4 is 11.8 Å². The van der Waals surface area contributed by atoms with Crippen LogP contribution in [0.5, 0.6) is 0 Å². The number of rotatable bonds is 4. The second kappa shape index (κ2) is 6.61. The number of nitrogens with zero attached hydrogens (tertiary/aromatic N) is 4. The van der Waals surface area contributed by atoms with Crippen molar-refractivity contribution in [1.29, 1.82) is 0 Å². The fourth-order valence-electron chi connectivity index (χ4n) is 2.47. The summed E-state index contributed by atoms with van der Waals surface area (Å²) in [5.41, 5.74) is 0.527. The number of carbonyl (C=O) groups is 2. The van der Waals surface area contributed by atoms with Crippen molar-refractivity contribution in [1.82, 2.24) is 25.4 Å². The van der Waals surface area contributed by atoms with Crippen molar-refractivity contribution in [3.63, 3.8) is 0 Å². The molecule has 9 nitrogen and oxygen atoms in total. The normalized spacial score (nSPS) is 18.8. The van der Waals surface area contributed by atoms with Crippen LogP contribution in [0.15, 0.2) is 33.7 Å². The van der Waals surface area contributed by atoms with Crippen LogP contribution in [0.25, 0.3) is 0 Å². The van der Waals surface area contributed by atoms with Crippen molar-refractivity contribution in [2.75, 3.05) is 33.2 Å². The lowest BCUT2D eigenvalue weighted by atomic mass is 10.1. The molecule has 2 aromatic rings. The Kier molecular flexibility index (Phi) is 4.38. The van der Waals surface area contributed by atoms with Gasteiger partial charge in [0.25, 0.3) is 11.8 Å². The van der Waals surface area contributed by atoms with Gasteiger partial charge in [0.2, 0.25) is 0 Å². The van der Waals surface area contributed by atoms with Crippen LogP contribution in [0.1, 0.15) is 21.0 Å². The first-order chi connectivity index (χ1) is 11.1. The fourth-order valence-corrected chi connectivity index (χ4v) is 2.47. The molecule has 1 atom stereocenters. The Hall–Kier alpha value is -2.68. The largest absolute Gasteiger partial charge is 0.364 e. The third-order valence-electron chi connectivity index (χ3n) is 3.89. The zero-order valence-corrected chi connectivity index (χ0v) is 12.6. The van der Waals surface area contributed by atoms with E-state index >= 15 is 0 Å². The third-order valence-corrected chi connectivity index (χ3v) is 3.89. The van der Waals surface area contributed by atoms with Crippen LogP contribution in [0.2, 0.25) is 0 Å². The van der Waals surface area contributed by atoms with Crippen LogP contribution in [0.3, 0.4) is 0 Å².